The first-order valence-corrected chi connectivity index (χ1v) is 10.8. The smallest absolute Gasteiger partial charge is 0.139 e. The van der Waals surface area contributed by atoms with E-state index in [9.17, 15) is 0 Å². The number of rotatable bonds is 6. The molecular weight excluding hydrogens is 276 g/mol. The van der Waals surface area contributed by atoms with E-state index in [1.54, 1.807) is 0 Å². The molecule has 1 heterocycles. The van der Waals surface area contributed by atoms with Crippen molar-refractivity contribution in [3.8, 4) is 0 Å². The third-order valence-electron chi connectivity index (χ3n) is 3.07. The van der Waals surface area contributed by atoms with Crippen LogP contribution in [0.5, 0.6) is 0 Å². The third kappa shape index (κ3) is 4.06. The van der Waals surface area contributed by atoms with E-state index in [-0.39, 0.29) is 0 Å². The lowest BCUT2D eigenvalue weighted by atomic mass is 10.2. The molecule has 0 saturated heterocycles. The fraction of sp³-hybridized carbons (Fsp3) is 0.500. The van der Waals surface area contributed by atoms with Crippen LogP contribution in [0, 0.1) is 0 Å². The Bertz CT molecular complexity index is 548. The van der Waals surface area contributed by atoms with Gasteiger partial charge in [-0.15, -0.1) is 11.6 Å². The molecule has 0 unspecified atom stereocenters. The molecule has 0 aliphatic rings. The van der Waals surface area contributed by atoms with Gasteiger partial charge in [0.2, 0.25) is 0 Å². The van der Waals surface area contributed by atoms with Crippen LogP contribution in [-0.4, -0.2) is 24.5 Å². The maximum atomic E-state index is 5.83. The Morgan fingerprint density at radius 1 is 1.32 bits per heavy atom. The molecule has 0 aliphatic carbocycles. The number of aromatic nitrogens is 2. The molecule has 0 atom stereocenters. The highest BCUT2D eigenvalue weighted by Gasteiger charge is 2.12. The van der Waals surface area contributed by atoms with Gasteiger partial charge in [-0.1, -0.05) is 25.7 Å². The highest BCUT2D eigenvalue weighted by Crippen LogP contribution is 2.17. The number of benzene rings is 1. The minimum Gasteiger partial charge on any atom is -0.360 e. The van der Waals surface area contributed by atoms with Crippen LogP contribution >= 0.6 is 11.6 Å². The molecular formula is C14H21ClN2OSi. The molecule has 0 saturated carbocycles. The summed E-state index contributed by atoms with van der Waals surface area (Å²) in [7, 11) is -1.01. The fourth-order valence-corrected chi connectivity index (χ4v) is 2.77. The van der Waals surface area contributed by atoms with Crippen molar-refractivity contribution in [1.29, 1.82) is 0 Å². The highest BCUT2D eigenvalue weighted by molar-refractivity contribution is 6.76. The first kappa shape index (κ1) is 14.6. The Labute approximate surface area is 120 Å². The van der Waals surface area contributed by atoms with E-state index in [1.165, 1.54) is 6.04 Å². The van der Waals surface area contributed by atoms with Crippen LogP contribution in [0.4, 0.5) is 0 Å². The standard InChI is InChI=1S/C14H21ClN2OSi/c1-19(2,3)7-6-18-11-17-14-5-4-12(9-15)8-13(14)10-16-17/h4-5,8,10H,6-7,9,11H2,1-3H3. The van der Waals surface area contributed by atoms with Gasteiger partial charge in [0.1, 0.15) is 6.73 Å². The SMILES string of the molecule is C[Si](C)(C)CCOCn1ncc2cc(CCl)ccc21. The zero-order valence-electron chi connectivity index (χ0n) is 11.8. The first-order valence-electron chi connectivity index (χ1n) is 6.58. The zero-order valence-corrected chi connectivity index (χ0v) is 13.6. The van der Waals surface area contributed by atoms with Crippen LogP contribution in [-0.2, 0) is 17.3 Å². The molecule has 0 amide bonds. The predicted molar refractivity (Wildman–Crippen MR) is 83.4 cm³/mol. The van der Waals surface area contributed by atoms with Crippen molar-refractivity contribution >= 4 is 30.6 Å². The quantitative estimate of drug-likeness (QED) is 0.456. The van der Waals surface area contributed by atoms with Crippen molar-refractivity contribution < 1.29 is 4.74 Å². The topological polar surface area (TPSA) is 27.1 Å². The van der Waals surface area contributed by atoms with Gasteiger partial charge < -0.3 is 4.74 Å². The number of alkyl halides is 1. The lowest BCUT2D eigenvalue weighted by Gasteiger charge is -2.15. The lowest BCUT2D eigenvalue weighted by Crippen LogP contribution is -2.22. The molecule has 2 aromatic rings. The van der Waals surface area contributed by atoms with Crippen LogP contribution < -0.4 is 0 Å². The summed E-state index contributed by atoms with van der Waals surface area (Å²) in [6.45, 7) is 8.40. The van der Waals surface area contributed by atoms with Crippen molar-refractivity contribution in [2.24, 2.45) is 0 Å². The van der Waals surface area contributed by atoms with Gasteiger partial charge in [-0.05, 0) is 23.7 Å². The molecule has 0 bridgehead atoms. The summed E-state index contributed by atoms with van der Waals surface area (Å²) in [5.74, 6) is 0.536. The maximum absolute atomic E-state index is 5.83. The van der Waals surface area contributed by atoms with Crippen molar-refractivity contribution in [2.45, 2.75) is 38.3 Å². The molecule has 0 spiro atoms. The van der Waals surface area contributed by atoms with Gasteiger partial charge in [0.15, 0.2) is 0 Å². The van der Waals surface area contributed by atoms with E-state index in [1.807, 2.05) is 16.9 Å². The summed E-state index contributed by atoms with van der Waals surface area (Å²) >= 11 is 5.83. The normalized spacial score (nSPS) is 12.2. The van der Waals surface area contributed by atoms with Gasteiger partial charge in [-0.25, -0.2) is 4.68 Å². The summed E-state index contributed by atoms with van der Waals surface area (Å²) < 4.78 is 7.63. The van der Waals surface area contributed by atoms with Gasteiger partial charge in [-0.3, -0.25) is 0 Å². The van der Waals surface area contributed by atoms with Crippen LogP contribution in [0.25, 0.3) is 10.9 Å². The second-order valence-corrected chi connectivity index (χ2v) is 11.9. The van der Waals surface area contributed by atoms with E-state index < -0.39 is 8.07 Å². The van der Waals surface area contributed by atoms with Gasteiger partial charge >= 0.3 is 0 Å². The number of hydrogen-bond acceptors (Lipinski definition) is 2. The molecule has 0 N–H and O–H groups in total. The molecule has 0 aliphatic heterocycles. The number of hydrogen-bond donors (Lipinski definition) is 0. The lowest BCUT2D eigenvalue weighted by molar-refractivity contribution is 0.0817. The van der Waals surface area contributed by atoms with E-state index in [0.717, 1.165) is 23.1 Å². The van der Waals surface area contributed by atoms with Crippen molar-refractivity contribution in [2.75, 3.05) is 6.61 Å². The molecule has 1 aromatic carbocycles. The molecule has 0 radical (unpaired) electrons. The zero-order chi connectivity index (χ0) is 13.9. The number of fused-ring (bicyclic) bond motifs is 1. The average molecular weight is 297 g/mol. The van der Waals surface area contributed by atoms with Crippen molar-refractivity contribution in [1.82, 2.24) is 9.78 Å². The summed E-state index contributed by atoms with van der Waals surface area (Å²) in [6.07, 6.45) is 1.87. The largest absolute Gasteiger partial charge is 0.360 e. The van der Waals surface area contributed by atoms with Gasteiger partial charge in [0, 0.05) is 25.9 Å². The summed E-state index contributed by atoms with van der Waals surface area (Å²) in [6, 6.07) is 7.36. The summed E-state index contributed by atoms with van der Waals surface area (Å²) in [4.78, 5) is 0. The summed E-state index contributed by atoms with van der Waals surface area (Å²) in [5, 5.41) is 5.48. The second-order valence-electron chi connectivity index (χ2n) is 6.02. The van der Waals surface area contributed by atoms with E-state index >= 15 is 0 Å². The number of halogens is 1. The van der Waals surface area contributed by atoms with Crippen molar-refractivity contribution in [3.05, 3.63) is 30.0 Å². The van der Waals surface area contributed by atoms with Crippen LogP contribution in [0.2, 0.25) is 25.7 Å². The molecule has 5 heteroatoms. The molecule has 1 aromatic heterocycles. The number of ether oxygens (including phenoxy) is 1. The Morgan fingerprint density at radius 3 is 2.79 bits per heavy atom. The van der Waals surface area contributed by atoms with Crippen LogP contribution in [0.1, 0.15) is 5.56 Å². The van der Waals surface area contributed by atoms with Crippen LogP contribution in [0.15, 0.2) is 24.4 Å². The first-order chi connectivity index (χ1) is 8.99. The predicted octanol–water partition coefficient (Wildman–Crippen LogP) is 4.09. The van der Waals surface area contributed by atoms with Crippen LogP contribution in [0.3, 0.4) is 0 Å². The van der Waals surface area contributed by atoms with E-state index in [4.69, 9.17) is 16.3 Å². The molecule has 104 valence electrons. The highest BCUT2D eigenvalue weighted by atomic mass is 35.5. The minimum atomic E-state index is -1.01. The number of nitrogens with zero attached hydrogens (tertiary/aromatic N) is 2. The Hall–Kier alpha value is -0.843. The molecule has 19 heavy (non-hydrogen) atoms. The second kappa shape index (κ2) is 6.07. The summed E-state index contributed by atoms with van der Waals surface area (Å²) in [5.41, 5.74) is 2.22. The molecule has 3 nitrogen and oxygen atoms in total. The van der Waals surface area contributed by atoms with Gasteiger partial charge in [0.05, 0.1) is 11.7 Å². The Morgan fingerprint density at radius 2 is 2.11 bits per heavy atom. The Kier molecular flexibility index (Phi) is 4.65. The maximum Gasteiger partial charge on any atom is 0.139 e. The third-order valence-corrected chi connectivity index (χ3v) is 5.08. The Balaban J connectivity index is 1.98. The van der Waals surface area contributed by atoms with Crippen molar-refractivity contribution in [3.63, 3.8) is 0 Å². The average Bonchev–Trinajstić information content (AvgIpc) is 2.75. The molecule has 2 rings (SSSR count). The van der Waals surface area contributed by atoms with E-state index in [0.29, 0.717) is 12.6 Å². The minimum absolute atomic E-state index is 0.522. The van der Waals surface area contributed by atoms with E-state index in [2.05, 4.69) is 36.9 Å². The van der Waals surface area contributed by atoms with Gasteiger partial charge in [-0.2, -0.15) is 5.10 Å². The fourth-order valence-electron chi connectivity index (χ4n) is 1.85. The molecule has 0 fully saturated rings. The monoisotopic (exact) mass is 296 g/mol. The van der Waals surface area contributed by atoms with Gasteiger partial charge in [0.25, 0.3) is 0 Å².